The van der Waals surface area contributed by atoms with Gasteiger partial charge in [-0.3, -0.25) is 9.10 Å². The molecular formula is C23H20ClN3O5S. The van der Waals surface area contributed by atoms with Crippen molar-refractivity contribution in [1.29, 1.82) is 0 Å². The average molecular weight is 486 g/mol. The number of hydrazone groups is 1. The summed E-state index contributed by atoms with van der Waals surface area (Å²) in [6.45, 7) is 0.118. The molecule has 3 aromatic carbocycles. The lowest BCUT2D eigenvalue weighted by atomic mass is 10.1. The van der Waals surface area contributed by atoms with E-state index >= 15 is 0 Å². The van der Waals surface area contributed by atoms with Gasteiger partial charge >= 0.3 is 5.97 Å². The molecular weight excluding hydrogens is 466 g/mol. The minimum atomic E-state index is -3.57. The van der Waals surface area contributed by atoms with Crippen LogP contribution in [0.5, 0.6) is 0 Å². The predicted molar refractivity (Wildman–Crippen MR) is 127 cm³/mol. The highest BCUT2D eigenvalue weighted by Gasteiger charge is 2.18. The average Bonchev–Trinajstić information content (AvgIpc) is 2.78. The Bertz CT molecular complexity index is 1270. The van der Waals surface area contributed by atoms with Gasteiger partial charge in [-0.05, 0) is 59.7 Å². The molecule has 0 saturated carbocycles. The number of anilines is 1. The van der Waals surface area contributed by atoms with Crippen LogP contribution in [0.15, 0.2) is 77.9 Å². The second-order valence-corrected chi connectivity index (χ2v) is 9.41. The summed E-state index contributed by atoms with van der Waals surface area (Å²) >= 11 is 5.89. The molecule has 2 N–H and O–H groups in total. The number of rotatable bonds is 8. The summed E-state index contributed by atoms with van der Waals surface area (Å²) in [7, 11) is -3.57. The maximum atomic E-state index is 12.3. The number of carboxylic acid groups (broad SMARTS) is 1. The van der Waals surface area contributed by atoms with Gasteiger partial charge in [-0.25, -0.2) is 18.6 Å². The van der Waals surface area contributed by atoms with Crippen LogP contribution >= 0.6 is 11.6 Å². The van der Waals surface area contributed by atoms with Crippen molar-refractivity contribution in [2.45, 2.75) is 6.54 Å². The Morgan fingerprint density at radius 2 is 1.55 bits per heavy atom. The second kappa shape index (κ2) is 10.3. The van der Waals surface area contributed by atoms with Gasteiger partial charge < -0.3 is 5.11 Å². The lowest BCUT2D eigenvalue weighted by molar-refractivity contribution is 0.0696. The van der Waals surface area contributed by atoms with Gasteiger partial charge in [-0.1, -0.05) is 35.9 Å². The van der Waals surface area contributed by atoms with Gasteiger partial charge in [0.25, 0.3) is 5.91 Å². The Kier molecular flexibility index (Phi) is 7.47. The SMILES string of the molecule is CS(=O)(=O)N(Cc1ccc(Cl)cc1)c1ccc(C(=O)N/N=C\c2ccc(C(=O)O)cc2)cc1. The third kappa shape index (κ3) is 6.64. The van der Waals surface area contributed by atoms with E-state index in [1.807, 2.05) is 0 Å². The van der Waals surface area contributed by atoms with Gasteiger partial charge in [0.05, 0.1) is 30.3 Å². The number of carboxylic acids is 1. The first-order valence-corrected chi connectivity index (χ1v) is 11.8. The molecule has 0 fully saturated rings. The van der Waals surface area contributed by atoms with E-state index in [4.69, 9.17) is 16.7 Å². The van der Waals surface area contributed by atoms with Gasteiger partial charge in [0, 0.05) is 10.6 Å². The summed E-state index contributed by atoms with van der Waals surface area (Å²) in [6.07, 6.45) is 2.50. The quantitative estimate of drug-likeness (QED) is 0.372. The lowest BCUT2D eigenvalue weighted by Crippen LogP contribution is -2.29. The zero-order chi connectivity index (χ0) is 24.0. The summed E-state index contributed by atoms with van der Waals surface area (Å²) < 4.78 is 25.9. The molecule has 0 saturated heterocycles. The first-order chi connectivity index (χ1) is 15.6. The van der Waals surface area contributed by atoms with E-state index in [1.54, 1.807) is 48.5 Å². The van der Waals surface area contributed by atoms with Crippen molar-refractivity contribution >= 4 is 45.4 Å². The third-order valence-electron chi connectivity index (χ3n) is 4.59. The molecule has 0 bridgehead atoms. The zero-order valence-electron chi connectivity index (χ0n) is 17.5. The van der Waals surface area contributed by atoms with Crippen molar-refractivity contribution in [3.8, 4) is 0 Å². The number of sulfonamides is 1. The number of benzene rings is 3. The third-order valence-corrected chi connectivity index (χ3v) is 5.99. The Hall–Kier alpha value is -3.69. The number of carbonyl (C=O) groups excluding carboxylic acids is 1. The maximum Gasteiger partial charge on any atom is 0.335 e. The molecule has 33 heavy (non-hydrogen) atoms. The molecule has 0 aliphatic carbocycles. The monoisotopic (exact) mass is 485 g/mol. The number of aromatic carboxylic acids is 1. The van der Waals surface area contributed by atoms with Crippen molar-refractivity contribution in [2.75, 3.05) is 10.6 Å². The van der Waals surface area contributed by atoms with Gasteiger partial charge in [0.15, 0.2) is 0 Å². The molecule has 3 rings (SSSR count). The standard InChI is InChI=1S/C23H20ClN3O5S/c1-33(31,32)27(15-17-4-10-20(24)11-5-17)21-12-8-18(9-13-21)22(28)26-25-14-16-2-6-19(7-3-16)23(29)30/h2-14H,15H2,1H3,(H,26,28)(H,29,30)/b25-14-. The van der Waals surface area contributed by atoms with Crippen molar-refractivity contribution in [3.63, 3.8) is 0 Å². The van der Waals surface area contributed by atoms with Crippen LogP contribution < -0.4 is 9.73 Å². The molecule has 8 nitrogen and oxygen atoms in total. The minimum Gasteiger partial charge on any atom is -0.478 e. The van der Waals surface area contributed by atoms with E-state index < -0.39 is 21.9 Å². The van der Waals surface area contributed by atoms with Gasteiger partial charge in [0.1, 0.15) is 0 Å². The highest BCUT2D eigenvalue weighted by atomic mass is 35.5. The topological polar surface area (TPSA) is 116 Å². The Morgan fingerprint density at radius 1 is 0.970 bits per heavy atom. The van der Waals surface area contributed by atoms with Gasteiger partial charge in [0.2, 0.25) is 10.0 Å². The van der Waals surface area contributed by atoms with Crippen molar-refractivity contribution in [1.82, 2.24) is 5.43 Å². The van der Waals surface area contributed by atoms with E-state index in [0.717, 1.165) is 11.8 Å². The van der Waals surface area contributed by atoms with Crippen LogP contribution in [0.1, 0.15) is 31.8 Å². The van der Waals surface area contributed by atoms with E-state index in [-0.39, 0.29) is 17.7 Å². The Morgan fingerprint density at radius 3 is 2.09 bits per heavy atom. The number of nitrogens with zero attached hydrogens (tertiary/aromatic N) is 2. The predicted octanol–water partition coefficient (Wildman–Crippen LogP) is 3.77. The summed E-state index contributed by atoms with van der Waals surface area (Å²) in [4.78, 5) is 23.2. The molecule has 0 aliphatic heterocycles. The van der Waals surface area contributed by atoms with Crippen LogP contribution in [0.4, 0.5) is 5.69 Å². The Labute approximate surface area is 196 Å². The van der Waals surface area contributed by atoms with Crippen LogP contribution in [0.25, 0.3) is 0 Å². The summed E-state index contributed by atoms with van der Waals surface area (Å²) in [6, 6.07) is 18.9. The molecule has 0 spiro atoms. The van der Waals surface area contributed by atoms with Gasteiger partial charge in [-0.2, -0.15) is 5.10 Å². The van der Waals surface area contributed by atoms with E-state index in [2.05, 4.69) is 10.5 Å². The first-order valence-electron chi connectivity index (χ1n) is 9.62. The van der Waals surface area contributed by atoms with Crippen molar-refractivity contribution in [2.24, 2.45) is 5.10 Å². The Balaban J connectivity index is 1.68. The van der Waals surface area contributed by atoms with E-state index in [1.165, 1.54) is 34.8 Å². The lowest BCUT2D eigenvalue weighted by Gasteiger charge is -2.22. The minimum absolute atomic E-state index is 0.118. The fourth-order valence-corrected chi connectivity index (χ4v) is 3.89. The molecule has 0 radical (unpaired) electrons. The molecule has 0 aliphatic rings. The second-order valence-electron chi connectivity index (χ2n) is 7.07. The molecule has 10 heteroatoms. The smallest absolute Gasteiger partial charge is 0.335 e. The van der Waals surface area contributed by atoms with E-state index in [9.17, 15) is 18.0 Å². The normalized spacial score (nSPS) is 11.3. The molecule has 0 heterocycles. The number of hydrogen-bond donors (Lipinski definition) is 2. The van der Waals surface area contributed by atoms with Crippen molar-refractivity contribution < 1.29 is 23.1 Å². The van der Waals surface area contributed by atoms with Crippen LogP contribution in [0.3, 0.4) is 0 Å². The highest BCUT2D eigenvalue weighted by Crippen LogP contribution is 2.22. The number of nitrogens with one attached hydrogen (secondary N) is 1. The number of halogens is 1. The molecule has 170 valence electrons. The van der Waals surface area contributed by atoms with Crippen LogP contribution in [-0.4, -0.2) is 37.9 Å². The largest absolute Gasteiger partial charge is 0.478 e. The highest BCUT2D eigenvalue weighted by molar-refractivity contribution is 7.92. The van der Waals surface area contributed by atoms with Crippen molar-refractivity contribution in [3.05, 3.63) is 100 Å². The van der Waals surface area contributed by atoms with Crippen LogP contribution in [0, 0.1) is 0 Å². The van der Waals surface area contributed by atoms with Crippen LogP contribution in [-0.2, 0) is 16.6 Å². The number of amides is 1. The molecule has 0 unspecified atom stereocenters. The molecule has 0 aromatic heterocycles. The molecule has 1 amide bonds. The van der Waals surface area contributed by atoms with Gasteiger partial charge in [-0.15, -0.1) is 0 Å². The maximum absolute atomic E-state index is 12.3. The van der Waals surface area contributed by atoms with E-state index in [0.29, 0.717) is 16.3 Å². The number of hydrogen-bond acceptors (Lipinski definition) is 5. The summed E-state index contributed by atoms with van der Waals surface area (Å²) in [5.41, 5.74) is 4.60. The first kappa shape index (κ1) is 24.0. The summed E-state index contributed by atoms with van der Waals surface area (Å²) in [5.74, 6) is -1.51. The fourth-order valence-electron chi connectivity index (χ4n) is 2.88. The fraction of sp³-hybridized carbons (Fsp3) is 0.0870. The zero-order valence-corrected chi connectivity index (χ0v) is 19.0. The molecule has 3 aromatic rings. The van der Waals surface area contributed by atoms with Crippen LogP contribution in [0.2, 0.25) is 5.02 Å². The number of carbonyl (C=O) groups is 2. The summed E-state index contributed by atoms with van der Waals surface area (Å²) in [5, 5.41) is 13.3. The molecule has 0 atom stereocenters.